The topological polar surface area (TPSA) is 78.9 Å². The second-order valence-electron chi connectivity index (χ2n) is 6.97. The van der Waals surface area contributed by atoms with Gasteiger partial charge in [-0.3, -0.25) is 4.79 Å². The van der Waals surface area contributed by atoms with Gasteiger partial charge in [-0.2, -0.15) is 0 Å². The summed E-state index contributed by atoms with van der Waals surface area (Å²) < 4.78 is 5.34. The third kappa shape index (κ3) is 6.83. The smallest absolute Gasteiger partial charge is 0.410 e. The molecule has 0 aromatic carbocycles. The van der Waals surface area contributed by atoms with Gasteiger partial charge in [0.05, 0.1) is 0 Å². The number of piperidine rings is 1. The lowest BCUT2D eigenvalue weighted by Crippen LogP contribution is -2.52. The molecule has 0 bridgehead atoms. The van der Waals surface area contributed by atoms with Crippen LogP contribution in [-0.2, 0) is 9.53 Å². The molecule has 1 saturated heterocycles. The molecule has 1 rings (SSSR count). The number of halogens is 1. The summed E-state index contributed by atoms with van der Waals surface area (Å²) in [7, 11) is 0. The maximum Gasteiger partial charge on any atom is 0.410 e. The number of amides is 1. The number of likely N-dealkylation sites (tertiary alicyclic amines) is 1. The summed E-state index contributed by atoms with van der Waals surface area (Å²) >= 11 is 0. The molecule has 1 aliphatic heterocycles. The molecular formula is C15H29ClN2O4. The zero-order chi connectivity index (χ0) is 16.2. The molecule has 0 saturated carbocycles. The Kier molecular flexibility index (Phi) is 8.18. The summed E-state index contributed by atoms with van der Waals surface area (Å²) in [5.74, 6) is -0.786. The second kappa shape index (κ2) is 8.58. The van der Waals surface area contributed by atoms with Crippen molar-refractivity contribution in [1.82, 2.24) is 10.2 Å². The quantitative estimate of drug-likeness (QED) is 0.824. The molecule has 1 fully saturated rings. The van der Waals surface area contributed by atoms with Crippen LogP contribution in [-0.4, -0.2) is 52.8 Å². The van der Waals surface area contributed by atoms with Crippen LogP contribution >= 0.6 is 12.4 Å². The summed E-state index contributed by atoms with van der Waals surface area (Å²) in [5.41, 5.74) is -0.488. The van der Waals surface area contributed by atoms with E-state index >= 15 is 0 Å². The first-order valence-electron chi connectivity index (χ1n) is 7.57. The van der Waals surface area contributed by atoms with E-state index in [9.17, 15) is 14.7 Å². The Morgan fingerprint density at radius 1 is 1.23 bits per heavy atom. The summed E-state index contributed by atoms with van der Waals surface area (Å²) in [5, 5.41) is 12.4. The summed E-state index contributed by atoms with van der Waals surface area (Å²) in [6.45, 7) is 10.5. The second-order valence-corrected chi connectivity index (χ2v) is 6.97. The highest BCUT2D eigenvalue weighted by Gasteiger charge is 2.30. The van der Waals surface area contributed by atoms with Gasteiger partial charge >= 0.3 is 12.1 Å². The Balaban J connectivity index is 0.00000441. The van der Waals surface area contributed by atoms with E-state index in [1.807, 2.05) is 34.6 Å². The zero-order valence-electron chi connectivity index (χ0n) is 14.1. The average molecular weight is 337 g/mol. The molecule has 0 radical (unpaired) electrons. The van der Waals surface area contributed by atoms with Crippen LogP contribution in [0.15, 0.2) is 0 Å². The highest BCUT2D eigenvalue weighted by Crippen LogP contribution is 2.16. The predicted molar refractivity (Wildman–Crippen MR) is 87.5 cm³/mol. The molecule has 1 heterocycles. The molecule has 22 heavy (non-hydrogen) atoms. The van der Waals surface area contributed by atoms with E-state index in [0.29, 0.717) is 13.1 Å². The molecule has 1 aliphatic rings. The van der Waals surface area contributed by atoms with Crippen LogP contribution in [0.5, 0.6) is 0 Å². The zero-order valence-corrected chi connectivity index (χ0v) is 14.9. The van der Waals surface area contributed by atoms with Gasteiger partial charge in [0.15, 0.2) is 0 Å². The maximum atomic E-state index is 11.9. The van der Waals surface area contributed by atoms with Gasteiger partial charge in [0.2, 0.25) is 0 Å². The number of hydrogen-bond donors (Lipinski definition) is 2. The third-order valence-electron chi connectivity index (χ3n) is 3.49. The van der Waals surface area contributed by atoms with Gasteiger partial charge < -0.3 is 20.1 Å². The fraction of sp³-hybridized carbons (Fsp3) is 0.867. The monoisotopic (exact) mass is 336 g/mol. The van der Waals surface area contributed by atoms with Crippen LogP contribution in [0.2, 0.25) is 0 Å². The van der Waals surface area contributed by atoms with Gasteiger partial charge in [0.25, 0.3) is 0 Å². The highest BCUT2D eigenvalue weighted by molar-refractivity contribution is 5.85. The Labute approximate surface area is 139 Å². The van der Waals surface area contributed by atoms with Gasteiger partial charge in [0.1, 0.15) is 11.6 Å². The van der Waals surface area contributed by atoms with E-state index in [4.69, 9.17) is 4.74 Å². The molecule has 0 aromatic heterocycles. The molecule has 0 aliphatic carbocycles. The Bertz CT molecular complexity index is 374. The fourth-order valence-corrected chi connectivity index (χ4v) is 2.36. The Morgan fingerprint density at radius 3 is 2.09 bits per heavy atom. The molecule has 0 spiro atoms. The number of carbonyl (C=O) groups excluding carboxylic acids is 1. The van der Waals surface area contributed by atoms with E-state index in [0.717, 1.165) is 12.8 Å². The average Bonchev–Trinajstić information content (AvgIpc) is 2.33. The molecule has 1 atom stereocenters. The van der Waals surface area contributed by atoms with Crippen molar-refractivity contribution in [3.05, 3.63) is 0 Å². The summed E-state index contributed by atoms with van der Waals surface area (Å²) in [6.07, 6.45) is 1.20. The number of aliphatic carboxylic acids is 1. The van der Waals surface area contributed by atoms with Crippen LogP contribution in [0.3, 0.4) is 0 Å². The number of carboxylic acid groups (broad SMARTS) is 1. The van der Waals surface area contributed by atoms with Crippen molar-refractivity contribution < 1.29 is 19.4 Å². The molecule has 2 N–H and O–H groups in total. The lowest BCUT2D eigenvalue weighted by Gasteiger charge is -2.35. The molecule has 7 heteroatoms. The lowest BCUT2D eigenvalue weighted by molar-refractivity contribution is -0.141. The molecule has 6 nitrogen and oxygen atoms in total. The minimum Gasteiger partial charge on any atom is -0.480 e. The van der Waals surface area contributed by atoms with Crippen LogP contribution in [0, 0.1) is 5.92 Å². The van der Waals surface area contributed by atoms with Gasteiger partial charge in [0, 0.05) is 19.1 Å². The molecule has 0 aromatic rings. The normalized spacial score (nSPS) is 17.8. The fourth-order valence-electron chi connectivity index (χ4n) is 2.36. The highest BCUT2D eigenvalue weighted by atomic mass is 35.5. The van der Waals surface area contributed by atoms with Crippen molar-refractivity contribution in [3.8, 4) is 0 Å². The largest absolute Gasteiger partial charge is 0.480 e. The van der Waals surface area contributed by atoms with Crippen molar-refractivity contribution in [2.24, 2.45) is 5.92 Å². The Hall–Kier alpha value is -1.01. The number of rotatable bonds is 4. The van der Waals surface area contributed by atoms with Crippen molar-refractivity contribution >= 4 is 24.5 Å². The SMILES string of the molecule is CC(C)[C@@H](NC1CCN(C(=O)OC(C)(C)C)CC1)C(=O)O.Cl. The van der Waals surface area contributed by atoms with Crippen LogP contribution < -0.4 is 5.32 Å². The van der Waals surface area contributed by atoms with Gasteiger partial charge in [-0.1, -0.05) is 13.8 Å². The molecule has 130 valence electrons. The van der Waals surface area contributed by atoms with Crippen LogP contribution in [0.4, 0.5) is 4.79 Å². The minimum atomic E-state index is -0.820. The van der Waals surface area contributed by atoms with E-state index in [1.54, 1.807) is 4.90 Å². The first kappa shape index (κ1) is 21.0. The molecule has 0 unspecified atom stereocenters. The van der Waals surface area contributed by atoms with Gasteiger partial charge in [-0.25, -0.2) is 4.79 Å². The van der Waals surface area contributed by atoms with E-state index in [2.05, 4.69) is 5.32 Å². The maximum absolute atomic E-state index is 11.9. The van der Waals surface area contributed by atoms with Crippen molar-refractivity contribution in [3.63, 3.8) is 0 Å². The first-order chi connectivity index (χ1) is 9.60. The standard InChI is InChI=1S/C15H28N2O4.ClH/c1-10(2)12(13(18)19)16-11-6-8-17(9-7-11)14(20)21-15(3,4)5;/h10-12,16H,6-9H2,1-5H3,(H,18,19);1H/t12-;/m1./s1. The lowest BCUT2D eigenvalue weighted by atomic mass is 9.99. The number of hydrogen-bond acceptors (Lipinski definition) is 4. The molecular weight excluding hydrogens is 308 g/mol. The Morgan fingerprint density at radius 2 is 1.73 bits per heavy atom. The number of nitrogens with zero attached hydrogens (tertiary/aromatic N) is 1. The van der Waals surface area contributed by atoms with Crippen LogP contribution in [0.25, 0.3) is 0 Å². The summed E-state index contributed by atoms with van der Waals surface area (Å²) in [6, 6.07) is -0.407. The van der Waals surface area contributed by atoms with E-state index in [1.165, 1.54) is 0 Å². The van der Waals surface area contributed by atoms with Gasteiger partial charge in [-0.15, -0.1) is 12.4 Å². The van der Waals surface area contributed by atoms with E-state index < -0.39 is 17.6 Å². The van der Waals surface area contributed by atoms with Gasteiger partial charge in [-0.05, 0) is 39.5 Å². The predicted octanol–water partition coefficient (Wildman–Crippen LogP) is 2.51. The number of carboxylic acids is 1. The minimum absolute atomic E-state index is 0. The van der Waals surface area contributed by atoms with Crippen molar-refractivity contribution in [2.45, 2.75) is 65.1 Å². The first-order valence-corrected chi connectivity index (χ1v) is 7.57. The molecule has 1 amide bonds. The van der Waals surface area contributed by atoms with Crippen LogP contribution in [0.1, 0.15) is 47.5 Å². The van der Waals surface area contributed by atoms with Crippen molar-refractivity contribution in [2.75, 3.05) is 13.1 Å². The van der Waals surface area contributed by atoms with Crippen molar-refractivity contribution in [1.29, 1.82) is 0 Å². The number of ether oxygens (including phenoxy) is 1. The van der Waals surface area contributed by atoms with E-state index in [-0.39, 0.29) is 30.5 Å². The third-order valence-corrected chi connectivity index (χ3v) is 3.49. The number of nitrogens with one attached hydrogen (secondary N) is 1. The number of carbonyl (C=O) groups is 2. The summed E-state index contributed by atoms with van der Waals surface area (Å²) in [4.78, 5) is 24.8.